The van der Waals surface area contributed by atoms with Crippen LogP contribution in [0.4, 0.5) is 0 Å². The van der Waals surface area contributed by atoms with E-state index < -0.39 is 0 Å². The second kappa shape index (κ2) is 7.10. The van der Waals surface area contributed by atoms with Gasteiger partial charge in [0.2, 0.25) is 5.91 Å². The maximum absolute atomic E-state index is 11.5. The van der Waals surface area contributed by atoms with Crippen LogP contribution < -0.4 is 5.32 Å². The van der Waals surface area contributed by atoms with E-state index in [4.69, 9.17) is 0 Å². The lowest BCUT2D eigenvalue weighted by Crippen LogP contribution is -2.51. The van der Waals surface area contributed by atoms with E-state index in [2.05, 4.69) is 12.2 Å². The predicted octanol–water partition coefficient (Wildman–Crippen LogP) is 1.24. The van der Waals surface area contributed by atoms with Crippen LogP contribution in [0.5, 0.6) is 0 Å². The summed E-state index contributed by atoms with van der Waals surface area (Å²) in [5.41, 5.74) is 0. The number of piperidine rings is 1. The molecule has 3 unspecified atom stereocenters. The molecule has 0 saturated carbocycles. The number of hydrogen-bond acceptors (Lipinski definition) is 3. The van der Waals surface area contributed by atoms with E-state index in [-0.39, 0.29) is 17.9 Å². The molecule has 0 aliphatic carbocycles. The predicted molar refractivity (Wildman–Crippen MR) is 73.3 cm³/mol. The van der Waals surface area contributed by atoms with Crippen LogP contribution in [0.3, 0.4) is 0 Å². The van der Waals surface area contributed by atoms with Crippen molar-refractivity contribution in [2.45, 2.75) is 52.7 Å². The SMILES string of the molecule is CCNC1CC(CC(O)C(C)C)CN(C(C)=O)C1. The maximum atomic E-state index is 11.5. The molecule has 106 valence electrons. The van der Waals surface area contributed by atoms with E-state index in [0.29, 0.717) is 12.0 Å². The molecule has 0 aromatic rings. The van der Waals surface area contributed by atoms with E-state index >= 15 is 0 Å². The number of likely N-dealkylation sites (tertiary alicyclic amines) is 1. The molecule has 1 aliphatic heterocycles. The minimum atomic E-state index is -0.260. The highest BCUT2D eigenvalue weighted by molar-refractivity contribution is 5.73. The zero-order chi connectivity index (χ0) is 13.7. The van der Waals surface area contributed by atoms with Crippen molar-refractivity contribution in [3.63, 3.8) is 0 Å². The normalized spacial score (nSPS) is 26.4. The van der Waals surface area contributed by atoms with Gasteiger partial charge in [0.15, 0.2) is 0 Å². The van der Waals surface area contributed by atoms with Crippen LogP contribution in [0.15, 0.2) is 0 Å². The van der Waals surface area contributed by atoms with E-state index in [1.807, 2.05) is 18.7 Å². The van der Waals surface area contributed by atoms with Gasteiger partial charge in [-0.25, -0.2) is 0 Å². The Hall–Kier alpha value is -0.610. The Balaban J connectivity index is 2.58. The molecule has 1 saturated heterocycles. The van der Waals surface area contributed by atoms with Crippen LogP contribution in [0.25, 0.3) is 0 Å². The van der Waals surface area contributed by atoms with E-state index in [9.17, 15) is 9.90 Å². The standard InChI is InChI=1S/C14H28N2O2/c1-5-15-13-6-12(7-14(18)10(2)3)8-16(9-13)11(4)17/h10,12-15,18H,5-9H2,1-4H3. The van der Waals surface area contributed by atoms with Gasteiger partial charge in [-0.3, -0.25) is 4.79 Å². The first-order valence-corrected chi connectivity index (χ1v) is 7.11. The van der Waals surface area contributed by atoms with Gasteiger partial charge in [0.25, 0.3) is 0 Å². The molecule has 2 N–H and O–H groups in total. The molecule has 1 heterocycles. The third kappa shape index (κ3) is 4.58. The second-order valence-corrected chi connectivity index (χ2v) is 5.83. The quantitative estimate of drug-likeness (QED) is 0.778. The van der Waals surface area contributed by atoms with Gasteiger partial charge in [-0.1, -0.05) is 20.8 Å². The number of nitrogens with one attached hydrogen (secondary N) is 1. The van der Waals surface area contributed by atoms with Crippen molar-refractivity contribution in [2.24, 2.45) is 11.8 Å². The maximum Gasteiger partial charge on any atom is 0.219 e. The van der Waals surface area contributed by atoms with Gasteiger partial charge < -0.3 is 15.3 Å². The highest BCUT2D eigenvalue weighted by Gasteiger charge is 2.29. The Bertz CT molecular complexity index is 269. The fourth-order valence-electron chi connectivity index (χ4n) is 2.68. The Morgan fingerprint density at radius 1 is 1.44 bits per heavy atom. The zero-order valence-corrected chi connectivity index (χ0v) is 12.1. The summed E-state index contributed by atoms with van der Waals surface area (Å²) in [6.45, 7) is 10.3. The van der Waals surface area contributed by atoms with Gasteiger partial charge in [-0.05, 0) is 31.2 Å². The smallest absolute Gasteiger partial charge is 0.219 e. The molecule has 0 aromatic carbocycles. The van der Waals surface area contributed by atoms with Crippen LogP contribution in [0.2, 0.25) is 0 Å². The number of amides is 1. The third-order valence-corrected chi connectivity index (χ3v) is 3.82. The van der Waals surface area contributed by atoms with Crippen LogP contribution in [-0.2, 0) is 4.79 Å². The number of likely N-dealkylation sites (N-methyl/N-ethyl adjacent to an activating group) is 1. The number of carbonyl (C=O) groups is 1. The molecule has 1 fully saturated rings. The fourth-order valence-corrected chi connectivity index (χ4v) is 2.68. The highest BCUT2D eigenvalue weighted by atomic mass is 16.3. The molecule has 18 heavy (non-hydrogen) atoms. The van der Waals surface area contributed by atoms with E-state index in [0.717, 1.165) is 32.5 Å². The molecule has 0 spiro atoms. The minimum absolute atomic E-state index is 0.140. The van der Waals surface area contributed by atoms with Crippen molar-refractivity contribution < 1.29 is 9.90 Å². The van der Waals surface area contributed by atoms with Gasteiger partial charge >= 0.3 is 0 Å². The van der Waals surface area contributed by atoms with Crippen LogP contribution in [0, 0.1) is 11.8 Å². The first kappa shape index (κ1) is 15.4. The summed E-state index contributed by atoms with van der Waals surface area (Å²) in [6.07, 6.45) is 1.59. The largest absolute Gasteiger partial charge is 0.393 e. The fraction of sp³-hybridized carbons (Fsp3) is 0.929. The number of carbonyl (C=O) groups excluding carboxylic acids is 1. The molecule has 1 amide bonds. The molecular formula is C14H28N2O2. The number of aliphatic hydroxyl groups is 1. The summed E-state index contributed by atoms with van der Waals surface area (Å²) in [5.74, 6) is 0.834. The summed E-state index contributed by atoms with van der Waals surface area (Å²) in [5, 5.41) is 13.4. The Labute approximate surface area is 111 Å². The number of hydrogen-bond donors (Lipinski definition) is 2. The number of nitrogens with zero attached hydrogens (tertiary/aromatic N) is 1. The summed E-state index contributed by atoms with van der Waals surface area (Å²) in [7, 11) is 0. The summed E-state index contributed by atoms with van der Waals surface area (Å²) < 4.78 is 0. The van der Waals surface area contributed by atoms with E-state index in [1.54, 1.807) is 6.92 Å². The zero-order valence-electron chi connectivity index (χ0n) is 12.1. The number of rotatable bonds is 5. The molecule has 0 aromatic heterocycles. The molecule has 3 atom stereocenters. The summed E-state index contributed by atoms with van der Waals surface area (Å²) >= 11 is 0. The highest BCUT2D eigenvalue weighted by Crippen LogP contribution is 2.23. The lowest BCUT2D eigenvalue weighted by molar-refractivity contribution is -0.131. The second-order valence-electron chi connectivity index (χ2n) is 5.83. The summed E-state index contributed by atoms with van der Waals surface area (Å²) in [4.78, 5) is 13.5. The number of aliphatic hydroxyl groups excluding tert-OH is 1. The van der Waals surface area contributed by atoms with Crippen LogP contribution in [0.1, 0.15) is 40.5 Å². The first-order chi connectivity index (χ1) is 8.43. The third-order valence-electron chi connectivity index (χ3n) is 3.82. The molecule has 1 rings (SSSR count). The molecule has 0 radical (unpaired) electrons. The Morgan fingerprint density at radius 3 is 2.61 bits per heavy atom. The average Bonchev–Trinajstić information content (AvgIpc) is 2.28. The van der Waals surface area contributed by atoms with Gasteiger partial charge in [-0.2, -0.15) is 0 Å². The van der Waals surface area contributed by atoms with Gasteiger partial charge in [0, 0.05) is 26.1 Å². The molecule has 1 aliphatic rings. The first-order valence-electron chi connectivity index (χ1n) is 7.11. The average molecular weight is 256 g/mol. The topological polar surface area (TPSA) is 52.6 Å². The van der Waals surface area contributed by atoms with Gasteiger partial charge in [0.1, 0.15) is 0 Å². The van der Waals surface area contributed by atoms with Gasteiger partial charge in [0.05, 0.1) is 6.10 Å². The molecular weight excluding hydrogens is 228 g/mol. The van der Waals surface area contributed by atoms with Crippen molar-refractivity contribution in [3.8, 4) is 0 Å². The Kier molecular flexibility index (Phi) is 6.09. The minimum Gasteiger partial charge on any atom is -0.393 e. The van der Waals surface area contributed by atoms with E-state index in [1.165, 1.54) is 0 Å². The molecule has 4 nitrogen and oxygen atoms in total. The monoisotopic (exact) mass is 256 g/mol. The molecule has 0 bridgehead atoms. The molecule has 4 heteroatoms. The van der Waals surface area contributed by atoms with Crippen molar-refractivity contribution in [1.82, 2.24) is 10.2 Å². The van der Waals surface area contributed by atoms with Crippen molar-refractivity contribution in [3.05, 3.63) is 0 Å². The lowest BCUT2D eigenvalue weighted by Gasteiger charge is -2.38. The van der Waals surface area contributed by atoms with Crippen molar-refractivity contribution in [1.29, 1.82) is 0 Å². The van der Waals surface area contributed by atoms with Crippen molar-refractivity contribution >= 4 is 5.91 Å². The van der Waals surface area contributed by atoms with Crippen LogP contribution >= 0.6 is 0 Å². The Morgan fingerprint density at radius 2 is 2.11 bits per heavy atom. The van der Waals surface area contributed by atoms with Gasteiger partial charge in [-0.15, -0.1) is 0 Å². The van der Waals surface area contributed by atoms with Crippen LogP contribution in [-0.4, -0.2) is 47.7 Å². The van der Waals surface area contributed by atoms with Crippen molar-refractivity contribution in [2.75, 3.05) is 19.6 Å². The lowest BCUT2D eigenvalue weighted by atomic mass is 9.86. The summed E-state index contributed by atoms with van der Waals surface area (Å²) in [6, 6.07) is 0.372.